The zero-order chi connectivity index (χ0) is 10.8. The topological polar surface area (TPSA) is 27.1 Å². The molecule has 0 amide bonds. The van der Waals surface area contributed by atoms with Crippen molar-refractivity contribution < 1.29 is 4.74 Å². The maximum absolute atomic E-state index is 5.16. The SMILES string of the molecule is c1ccc(-n2ccc(CC3COC3)n2)cc1. The molecule has 2 aromatic rings. The van der Waals surface area contributed by atoms with Crippen LogP contribution >= 0.6 is 0 Å². The molecule has 1 aromatic carbocycles. The molecule has 1 fully saturated rings. The lowest BCUT2D eigenvalue weighted by Gasteiger charge is -2.24. The Balaban J connectivity index is 1.77. The minimum atomic E-state index is 0.666. The highest BCUT2D eigenvalue weighted by atomic mass is 16.5. The molecule has 0 radical (unpaired) electrons. The second kappa shape index (κ2) is 4.10. The summed E-state index contributed by atoms with van der Waals surface area (Å²) in [4.78, 5) is 0. The number of rotatable bonds is 3. The quantitative estimate of drug-likeness (QED) is 0.782. The van der Waals surface area contributed by atoms with E-state index in [1.165, 1.54) is 0 Å². The van der Waals surface area contributed by atoms with Crippen LogP contribution in [0.1, 0.15) is 5.69 Å². The van der Waals surface area contributed by atoms with Crippen molar-refractivity contribution in [1.29, 1.82) is 0 Å². The third kappa shape index (κ3) is 1.86. The van der Waals surface area contributed by atoms with Crippen LogP contribution in [-0.4, -0.2) is 23.0 Å². The van der Waals surface area contributed by atoms with Crippen LogP contribution in [-0.2, 0) is 11.2 Å². The first kappa shape index (κ1) is 9.60. The normalized spacial score (nSPS) is 16.0. The predicted molar refractivity (Wildman–Crippen MR) is 61.6 cm³/mol. The number of hydrogen-bond donors (Lipinski definition) is 0. The zero-order valence-corrected chi connectivity index (χ0v) is 9.04. The van der Waals surface area contributed by atoms with Gasteiger partial charge in [-0.15, -0.1) is 0 Å². The van der Waals surface area contributed by atoms with Crippen LogP contribution in [0.5, 0.6) is 0 Å². The highest BCUT2D eigenvalue weighted by Gasteiger charge is 2.19. The van der Waals surface area contributed by atoms with Gasteiger partial charge < -0.3 is 4.74 Å². The Bertz CT molecular complexity index is 460. The van der Waals surface area contributed by atoms with Gasteiger partial charge in [0.2, 0.25) is 0 Å². The third-order valence-corrected chi connectivity index (χ3v) is 2.87. The average Bonchev–Trinajstić information content (AvgIpc) is 2.73. The Morgan fingerprint density at radius 2 is 2.00 bits per heavy atom. The molecule has 82 valence electrons. The Hall–Kier alpha value is -1.61. The highest BCUT2D eigenvalue weighted by molar-refractivity contribution is 5.30. The summed E-state index contributed by atoms with van der Waals surface area (Å²) in [6, 6.07) is 12.3. The van der Waals surface area contributed by atoms with E-state index in [2.05, 4.69) is 23.3 Å². The molecule has 16 heavy (non-hydrogen) atoms. The van der Waals surface area contributed by atoms with Crippen molar-refractivity contribution in [2.24, 2.45) is 5.92 Å². The van der Waals surface area contributed by atoms with Gasteiger partial charge in [0.1, 0.15) is 0 Å². The van der Waals surface area contributed by atoms with Crippen LogP contribution in [0.25, 0.3) is 5.69 Å². The largest absolute Gasteiger partial charge is 0.381 e. The molecule has 1 aliphatic rings. The van der Waals surface area contributed by atoms with Gasteiger partial charge in [0.05, 0.1) is 24.6 Å². The first-order valence-electron chi connectivity index (χ1n) is 5.59. The van der Waals surface area contributed by atoms with E-state index in [0.29, 0.717) is 5.92 Å². The lowest BCUT2D eigenvalue weighted by atomic mass is 10.0. The maximum Gasteiger partial charge on any atom is 0.0645 e. The van der Waals surface area contributed by atoms with E-state index in [1.807, 2.05) is 29.1 Å². The lowest BCUT2D eigenvalue weighted by Crippen LogP contribution is -2.29. The van der Waals surface area contributed by atoms with Gasteiger partial charge in [-0.25, -0.2) is 4.68 Å². The minimum Gasteiger partial charge on any atom is -0.381 e. The fourth-order valence-electron chi connectivity index (χ4n) is 1.89. The van der Waals surface area contributed by atoms with Gasteiger partial charge in [0, 0.05) is 12.1 Å². The Labute approximate surface area is 94.7 Å². The summed E-state index contributed by atoms with van der Waals surface area (Å²) >= 11 is 0. The molecule has 0 atom stereocenters. The molecule has 1 aromatic heterocycles. The molecule has 0 saturated carbocycles. The molecule has 1 saturated heterocycles. The number of aromatic nitrogens is 2. The molecular weight excluding hydrogens is 200 g/mol. The van der Waals surface area contributed by atoms with Crippen LogP contribution < -0.4 is 0 Å². The molecule has 0 spiro atoms. The van der Waals surface area contributed by atoms with E-state index in [-0.39, 0.29) is 0 Å². The number of nitrogens with zero attached hydrogens (tertiary/aromatic N) is 2. The second-order valence-electron chi connectivity index (χ2n) is 4.19. The smallest absolute Gasteiger partial charge is 0.0645 e. The van der Waals surface area contributed by atoms with Gasteiger partial charge in [-0.2, -0.15) is 5.10 Å². The Morgan fingerprint density at radius 1 is 1.19 bits per heavy atom. The third-order valence-electron chi connectivity index (χ3n) is 2.87. The van der Waals surface area contributed by atoms with Crippen molar-refractivity contribution in [3.05, 3.63) is 48.3 Å². The van der Waals surface area contributed by atoms with E-state index >= 15 is 0 Å². The monoisotopic (exact) mass is 214 g/mol. The van der Waals surface area contributed by atoms with Crippen LogP contribution in [0.2, 0.25) is 0 Å². The van der Waals surface area contributed by atoms with Crippen molar-refractivity contribution in [2.45, 2.75) is 6.42 Å². The van der Waals surface area contributed by atoms with E-state index in [1.54, 1.807) is 0 Å². The molecule has 2 heterocycles. The fraction of sp³-hybridized carbons (Fsp3) is 0.308. The van der Waals surface area contributed by atoms with E-state index in [4.69, 9.17) is 4.74 Å². The van der Waals surface area contributed by atoms with Crippen molar-refractivity contribution >= 4 is 0 Å². The molecule has 1 aliphatic heterocycles. The summed E-state index contributed by atoms with van der Waals surface area (Å²) in [5.41, 5.74) is 2.26. The van der Waals surface area contributed by atoms with Crippen LogP contribution in [0.3, 0.4) is 0 Å². The van der Waals surface area contributed by atoms with Gasteiger partial charge in [0.25, 0.3) is 0 Å². The average molecular weight is 214 g/mol. The number of hydrogen-bond acceptors (Lipinski definition) is 2. The zero-order valence-electron chi connectivity index (χ0n) is 9.04. The summed E-state index contributed by atoms with van der Waals surface area (Å²) in [6.07, 6.45) is 3.05. The predicted octanol–water partition coefficient (Wildman–Crippen LogP) is 2.06. The van der Waals surface area contributed by atoms with Crippen LogP contribution in [0.15, 0.2) is 42.6 Å². The summed E-state index contributed by atoms with van der Waals surface area (Å²) in [7, 11) is 0. The lowest BCUT2D eigenvalue weighted by molar-refractivity contribution is -0.0316. The first-order chi connectivity index (χ1) is 7.92. The van der Waals surface area contributed by atoms with Crippen LogP contribution in [0, 0.1) is 5.92 Å². The molecule has 0 N–H and O–H groups in total. The maximum atomic E-state index is 5.16. The second-order valence-corrected chi connectivity index (χ2v) is 4.19. The van der Waals surface area contributed by atoms with Crippen molar-refractivity contribution in [3.63, 3.8) is 0 Å². The molecule has 3 heteroatoms. The van der Waals surface area contributed by atoms with Crippen LogP contribution in [0.4, 0.5) is 0 Å². The Kier molecular flexibility index (Phi) is 2.46. The number of benzene rings is 1. The van der Waals surface area contributed by atoms with Gasteiger partial charge in [-0.05, 0) is 24.6 Å². The molecular formula is C13H14N2O. The van der Waals surface area contributed by atoms with Gasteiger partial charge in [-0.3, -0.25) is 0 Å². The van der Waals surface area contributed by atoms with Gasteiger partial charge in [0.15, 0.2) is 0 Å². The summed E-state index contributed by atoms with van der Waals surface area (Å²) in [5.74, 6) is 0.666. The molecule has 0 bridgehead atoms. The van der Waals surface area contributed by atoms with E-state index in [9.17, 15) is 0 Å². The number of ether oxygens (including phenoxy) is 1. The van der Waals surface area contributed by atoms with Gasteiger partial charge >= 0.3 is 0 Å². The summed E-state index contributed by atoms with van der Waals surface area (Å²) < 4.78 is 7.09. The molecule has 0 unspecified atom stereocenters. The molecule has 3 nitrogen and oxygen atoms in total. The van der Waals surface area contributed by atoms with Crippen molar-refractivity contribution in [2.75, 3.05) is 13.2 Å². The summed E-state index contributed by atoms with van der Waals surface area (Å²) in [5, 5.41) is 4.56. The van der Waals surface area contributed by atoms with Crippen molar-refractivity contribution in [3.8, 4) is 5.69 Å². The standard InChI is InChI=1S/C13H14N2O/c1-2-4-13(5-3-1)15-7-6-12(14-15)8-11-9-16-10-11/h1-7,11H,8-10H2. The first-order valence-corrected chi connectivity index (χ1v) is 5.59. The number of para-hydroxylation sites is 1. The van der Waals surface area contributed by atoms with E-state index < -0.39 is 0 Å². The Morgan fingerprint density at radius 3 is 2.69 bits per heavy atom. The molecule has 3 rings (SSSR count). The fourth-order valence-corrected chi connectivity index (χ4v) is 1.89. The van der Waals surface area contributed by atoms with E-state index in [0.717, 1.165) is 31.0 Å². The van der Waals surface area contributed by atoms with Crippen molar-refractivity contribution in [1.82, 2.24) is 9.78 Å². The minimum absolute atomic E-state index is 0.666. The molecule has 0 aliphatic carbocycles. The summed E-state index contributed by atoms with van der Waals surface area (Å²) in [6.45, 7) is 1.77. The highest BCUT2D eigenvalue weighted by Crippen LogP contribution is 2.16. The van der Waals surface area contributed by atoms with Gasteiger partial charge in [-0.1, -0.05) is 18.2 Å².